The Morgan fingerprint density at radius 2 is 1.69 bits per heavy atom. The topological polar surface area (TPSA) is 87.3 Å². The van der Waals surface area contributed by atoms with Crippen molar-refractivity contribution in [2.45, 2.75) is 52.5 Å². The van der Waals surface area contributed by atoms with Gasteiger partial charge < -0.3 is 16.0 Å². The van der Waals surface area contributed by atoms with E-state index in [1.54, 1.807) is 0 Å². The van der Waals surface area contributed by atoms with Crippen molar-refractivity contribution in [1.82, 2.24) is 10.6 Å². The molecule has 1 atom stereocenters. The number of carbonyl (C=O) groups is 3. The highest BCUT2D eigenvalue weighted by molar-refractivity contribution is 5.94. The molecule has 0 saturated heterocycles. The maximum absolute atomic E-state index is 12.0. The molecular formula is C20H29N3O3. The molecule has 2 rings (SSSR count). The van der Waals surface area contributed by atoms with Crippen LogP contribution in [0.25, 0.3) is 0 Å². The molecule has 0 aliphatic heterocycles. The van der Waals surface area contributed by atoms with E-state index >= 15 is 0 Å². The summed E-state index contributed by atoms with van der Waals surface area (Å²) in [4.78, 5) is 35.4. The third kappa shape index (κ3) is 6.86. The summed E-state index contributed by atoms with van der Waals surface area (Å²) < 4.78 is 0. The Hall–Kier alpha value is -2.37. The van der Waals surface area contributed by atoms with Crippen LogP contribution in [0.4, 0.5) is 5.69 Å². The summed E-state index contributed by atoms with van der Waals surface area (Å²) in [5.74, 6) is 0.390. The SMILES string of the molecule is CC(C)CCC(=O)NCC(=O)NC(C)c1ccc(NC(=O)C2CC2)cc1. The number of hydrogen-bond acceptors (Lipinski definition) is 3. The van der Waals surface area contributed by atoms with Crippen molar-refractivity contribution in [3.05, 3.63) is 29.8 Å². The van der Waals surface area contributed by atoms with Gasteiger partial charge in [-0.1, -0.05) is 26.0 Å². The van der Waals surface area contributed by atoms with Crippen molar-refractivity contribution in [3.8, 4) is 0 Å². The van der Waals surface area contributed by atoms with Crippen molar-refractivity contribution in [2.75, 3.05) is 11.9 Å². The standard InChI is InChI=1S/C20H29N3O3/c1-13(2)4-11-18(24)21-12-19(25)22-14(3)15-7-9-17(10-8-15)23-20(26)16-5-6-16/h7-10,13-14,16H,4-6,11-12H2,1-3H3,(H,21,24)(H,22,25)(H,23,26). The van der Waals surface area contributed by atoms with Crippen LogP contribution >= 0.6 is 0 Å². The van der Waals surface area contributed by atoms with Crippen LogP contribution in [0.15, 0.2) is 24.3 Å². The number of anilines is 1. The highest BCUT2D eigenvalue weighted by atomic mass is 16.2. The van der Waals surface area contributed by atoms with Gasteiger partial charge in [-0.2, -0.15) is 0 Å². The Balaban J connectivity index is 1.73. The van der Waals surface area contributed by atoms with Crippen LogP contribution in [-0.4, -0.2) is 24.3 Å². The van der Waals surface area contributed by atoms with Crippen molar-refractivity contribution >= 4 is 23.4 Å². The Bertz CT molecular complexity index is 636. The van der Waals surface area contributed by atoms with Crippen LogP contribution < -0.4 is 16.0 Å². The molecule has 1 aliphatic carbocycles. The van der Waals surface area contributed by atoms with E-state index in [9.17, 15) is 14.4 Å². The first kappa shape index (κ1) is 19.9. The van der Waals surface area contributed by atoms with E-state index in [2.05, 4.69) is 29.8 Å². The summed E-state index contributed by atoms with van der Waals surface area (Å²) >= 11 is 0. The lowest BCUT2D eigenvalue weighted by Gasteiger charge is -2.15. The molecule has 6 nitrogen and oxygen atoms in total. The highest BCUT2D eigenvalue weighted by Crippen LogP contribution is 2.30. The van der Waals surface area contributed by atoms with Crippen molar-refractivity contribution in [2.24, 2.45) is 11.8 Å². The zero-order chi connectivity index (χ0) is 19.1. The van der Waals surface area contributed by atoms with E-state index < -0.39 is 0 Å². The van der Waals surface area contributed by atoms with E-state index in [0.29, 0.717) is 12.3 Å². The van der Waals surface area contributed by atoms with E-state index in [1.807, 2.05) is 31.2 Å². The van der Waals surface area contributed by atoms with Gasteiger partial charge in [-0.05, 0) is 49.8 Å². The predicted octanol–water partition coefficient (Wildman–Crippen LogP) is 2.76. The number of amides is 3. The maximum Gasteiger partial charge on any atom is 0.239 e. The molecule has 1 fully saturated rings. The highest BCUT2D eigenvalue weighted by Gasteiger charge is 2.29. The summed E-state index contributed by atoms with van der Waals surface area (Å²) in [6.45, 7) is 5.99. The molecule has 0 bridgehead atoms. The molecule has 3 N–H and O–H groups in total. The van der Waals surface area contributed by atoms with Crippen LogP contribution in [-0.2, 0) is 14.4 Å². The third-order valence-electron chi connectivity index (χ3n) is 4.40. The zero-order valence-corrected chi connectivity index (χ0v) is 15.8. The predicted molar refractivity (Wildman–Crippen MR) is 101 cm³/mol. The van der Waals surface area contributed by atoms with Crippen molar-refractivity contribution in [1.29, 1.82) is 0 Å². The van der Waals surface area contributed by atoms with Gasteiger partial charge in [0.25, 0.3) is 0 Å². The fraction of sp³-hybridized carbons (Fsp3) is 0.550. The molecule has 1 aliphatic rings. The lowest BCUT2D eigenvalue weighted by atomic mass is 10.1. The lowest BCUT2D eigenvalue weighted by molar-refractivity contribution is -0.126. The summed E-state index contributed by atoms with van der Waals surface area (Å²) in [5.41, 5.74) is 1.70. The second-order valence-corrected chi connectivity index (χ2v) is 7.38. The van der Waals surface area contributed by atoms with Gasteiger partial charge in [0.05, 0.1) is 12.6 Å². The zero-order valence-electron chi connectivity index (χ0n) is 15.8. The average molecular weight is 359 g/mol. The van der Waals surface area contributed by atoms with Gasteiger partial charge in [0.1, 0.15) is 0 Å². The Kier molecular flexibility index (Phi) is 7.18. The monoisotopic (exact) mass is 359 g/mol. The first-order chi connectivity index (χ1) is 12.3. The van der Waals surface area contributed by atoms with E-state index in [0.717, 1.165) is 30.5 Å². The molecule has 1 aromatic rings. The van der Waals surface area contributed by atoms with Crippen LogP contribution in [0, 0.1) is 11.8 Å². The van der Waals surface area contributed by atoms with Crippen molar-refractivity contribution < 1.29 is 14.4 Å². The first-order valence-corrected chi connectivity index (χ1v) is 9.32. The molecule has 0 aromatic heterocycles. The average Bonchev–Trinajstić information content (AvgIpc) is 3.43. The molecular weight excluding hydrogens is 330 g/mol. The molecule has 142 valence electrons. The van der Waals surface area contributed by atoms with Gasteiger partial charge in [-0.15, -0.1) is 0 Å². The number of carbonyl (C=O) groups excluding carboxylic acids is 3. The minimum absolute atomic E-state index is 0.0171. The Morgan fingerprint density at radius 3 is 2.27 bits per heavy atom. The second-order valence-electron chi connectivity index (χ2n) is 7.38. The minimum atomic E-state index is -0.221. The molecule has 1 unspecified atom stereocenters. The normalized spacial score (nSPS) is 14.6. The summed E-state index contributed by atoms with van der Waals surface area (Å²) in [5, 5.41) is 8.40. The largest absolute Gasteiger partial charge is 0.348 e. The first-order valence-electron chi connectivity index (χ1n) is 9.32. The Morgan fingerprint density at radius 1 is 1.04 bits per heavy atom. The number of rotatable bonds is 9. The van der Waals surface area contributed by atoms with Crippen molar-refractivity contribution in [3.63, 3.8) is 0 Å². The molecule has 26 heavy (non-hydrogen) atoms. The van der Waals surface area contributed by atoms with Gasteiger partial charge in [-0.25, -0.2) is 0 Å². The summed E-state index contributed by atoms with van der Waals surface area (Å²) in [7, 11) is 0. The van der Waals surface area contributed by atoms with E-state index in [4.69, 9.17) is 0 Å². The van der Waals surface area contributed by atoms with Crippen LogP contribution in [0.2, 0.25) is 0 Å². The van der Waals surface area contributed by atoms with Crippen LogP contribution in [0.5, 0.6) is 0 Å². The van der Waals surface area contributed by atoms with Gasteiger partial charge >= 0.3 is 0 Å². The molecule has 3 amide bonds. The molecule has 6 heteroatoms. The lowest BCUT2D eigenvalue weighted by Crippen LogP contribution is -2.38. The van der Waals surface area contributed by atoms with E-state index in [-0.39, 0.29) is 36.2 Å². The molecule has 0 heterocycles. The summed E-state index contributed by atoms with van der Waals surface area (Å²) in [6, 6.07) is 7.27. The number of hydrogen-bond donors (Lipinski definition) is 3. The molecule has 1 aromatic carbocycles. The number of benzene rings is 1. The van der Waals surface area contributed by atoms with Gasteiger partial charge in [0, 0.05) is 18.0 Å². The fourth-order valence-corrected chi connectivity index (χ4v) is 2.51. The fourth-order valence-electron chi connectivity index (χ4n) is 2.51. The van der Waals surface area contributed by atoms with Gasteiger partial charge in [0.15, 0.2) is 0 Å². The molecule has 1 saturated carbocycles. The number of nitrogens with one attached hydrogen (secondary N) is 3. The molecule has 0 radical (unpaired) electrons. The van der Waals surface area contributed by atoms with Gasteiger partial charge in [0.2, 0.25) is 17.7 Å². The summed E-state index contributed by atoms with van der Waals surface area (Å²) in [6.07, 6.45) is 3.20. The van der Waals surface area contributed by atoms with E-state index in [1.165, 1.54) is 0 Å². The maximum atomic E-state index is 12.0. The molecule has 0 spiro atoms. The minimum Gasteiger partial charge on any atom is -0.348 e. The van der Waals surface area contributed by atoms with Crippen LogP contribution in [0.1, 0.15) is 58.1 Å². The van der Waals surface area contributed by atoms with Gasteiger partial charge in [-0.3, -0.25) is 14.4 Å². The smallest absolute Gasteiger partial charge is 0.239 e. The third-order valence-corrected chi connectivity index (χ3v) is 4.40. The van der Waals surface area contributed by atoms with Crippen LogP contribution in [0.3, 0.4) is 0 Å². The second kappa shape index (κ2) is 9.36. The quantitative estimate of drug-likeness (QED) is 0.633. The Labute approximate surface area is 155 Å².